The zero-order chi connectivity index (χ0) is 14.8. The lowest BCUT2D eigenvalue weighted by atomic mass is 10.2. The van der Waals surface area contributed by atoms with Gasteiger partial charge < -0.3 is 10.6 Å². The van der Waals surface area contributed by atoms with Crippen molar-refractivity contribution in [2.24, 2.45) is 5.92 Å². The molecule has 2 N–H and O–H groups in total. The van der Waals surface area contributed by atoms with Gasteiger partial charge in [-0.15, -0.1) is 11.3 Å². The number of nitrogens with one attached hydrogen (secondary N) is 2. The van der Waals surface area contributed by atoms with E-state index >= 15 is 0 Å². The quantitative estimate of drug-likeness (QED) is 0.905. The van der Waals surface area contributed by atoms with Crippen molar-refractivity contribution in [1.82, 2.24) is 0 Å². The third-order valence-corrected chi connectivity index (χ3v) is 4.44. The highest BCUT2D eigenvalue weighted by molar-refractivity contribution is 7.12. The monoisotopic (exact) mass is 300 g/mol. The topological polar surface area (TPSA) is 58.2 Å². The molecule has 5 heteroatoms. The van der Waals surface area contributed by atoms with Crippen LogP contribution in [0.2, 0.25) is 0 Å². The highest BCUT2D eigenvalue weighted by atomic mass is 32.1. The summed E-state index contributed by atoms with van der Waals surface area (Å²) in [5.41, 5.74) is 2.46. The minimum Gasteiger partial charge on any atom is -0.326 e. The Kier molecular flexibility index (Phi) is 3.75. The molecule has 0 spiro atoms. The third kappa shape index (κ3) is 3.31. The molecule has 21 heavy (non-hydrogen) atoms. The zero-order valence-electron chi connectivity index (χ0n) is 11.7. The molecule has 1 aliphatic rings. The van der Waals surface area contributed by atoms with E-state index < -0.39 is 0 Å². The van der Waals surface area contributed by atoms with Crippen LogP contribution in [0.25, 0.3) is 0 Å². The molecule has 1 aromatic heterocycles. The summed E-state index contributed by atoms with van der Waals surface area (Å²) < 4.78 is 0. The van der Waals surface area contributed by atoms with Crippen LogP contribution in [0, 0.1) is 12.8 Å². The van der Waals surface area contributed by atoms with Crippen LogP contribution in [0.5, 0.6) is 0 Å². The summed E-state index contributed by atoms with van der Waals surface area (Å²) >= 11 is 1.43. The van der Waals surface area contributed by atoms with Crippen LogP contribution >= 0.6 is 11.3 Å². The third-order valence-electron chi connectivity index (χ3n) is 3.43. The maximum Gasteiger partial charge on any atom is 0.265 e. The summed E-state index contributed by atoms with van der Waals surface area (Å²) in [5, 5.41) is 7.63. The summed E-state index contributed by atoms with van der Waals surface area (Å²) in [7, 11) is 0. The molecular formula is C16H16N2O2S. The summed E-state index contributed by atoms with van der Waals surface area (Å²) in [6.07, 6.45) is 1.97. The van der Waals surface area contributed by atoms with Gasteiger partial charge in [-0.05, 0) is 61.0 Å². The molecule has 0 bridgehead atoms. The van der Waals surface area contributed by atoms with Gasteiger partial charge in [-0.25, -0.2) is 0 Å². The maximum absolute atomic E-state index is 12.1. The Morgan fingerprint density at radius 3 is 2.19 bits per heavy atom. The van der Waals surface area contributed by atoms with Gasteiger partial charge in [-0.3, -0.25) is 9.59 Å². The molecule has 3 rings (SSSR count). The predicted molar refractivity (Wildman–Crippen MR) is 84.8 cm³/mol. The number of thiophene rings is 1. The van der Waals surface area contributed by atoms with Crippen LogP contribution in [0.4, 0.5) is 11.4 Å². The predicted octanol–water partition coefficient (Wildman–Crippen LogP) is 3.66. The number of amides is 2. The molecule has 1 saturated carbocycles. The lowest BCUT2D eigenvalue weighted by molar-refractivity contribution is -0.117. The number of anilines is 2. The summed E-state index contributed by atoms with van der Waals surface area (Å²) in [6, 6.07) is 9.12. The minimum absolute atomic E-state index is 0.0843. The van der Waals surface area contributed by atoms with Gasteiger partial charge in [0.25, 0.3) is 5.91 Å². The van der Waals surface area contributed by atoms with E-state index in [1.54, 1.807) is 24.3 Å². The Balaban J connectivity index is 1.62. The largest absolute Gasteiger partial charge is 0.326 e. The van der Waals surface area contributed by atoms with Gasteiger partial charge in [-0.2, -0.15) is 0 Å². The van der Waals surface area contributed by atoms with Gasteiger partial charge in [0.2, 0.25) is 5.91 Å². The Bertz CT molecular complexity index is 672. The summed E-state index contributed by atoms with van der Waals surface area (Å²) in [4.78, 5) is 24.5. The van der Waals surface area contributed by atoms with Crippen molar-refractivity contribution >= 4 is 34.5 Å². The van der Waals surface area contributed by atoms with E-state index in [4.69, 9.17) is 0 Å². The molecule has 1 heterocycles. The number of rotatable bonds is 4. The number of hydrogen-bond acceptors (Lipinski definition) is 3. The van der Waals surface area contributed by atoms with E-state index in [2.05, 4.69) is 10.6 Å². The highest BCUT2D eigenvalue weighted by Crippen LogP contribution is 2.30. The van der Waals surface area contributed by atoms with Crippen LogP contribution in [-0.4, -0.2) is 11.8 Å². The molecule has 4 nitrogen and oxygen atoms in total. The standard InChI is InChI=1S/C16H16N2O2S/c1-10-8-9-21-14(10)16(20)18-13-6-4-12(5-7-13)17-15(19)11-2-3-11/h4-9,11H,2-3H2,1H3,(H,17,19)(H,18,20). The van der Waals surface area contributed by atoms with E-state index in [0.717, 1.165) is 34.7 Å². The van der Waals surface area contributed by atoms with E-state index in [-0.39, 0.29) is 17.7 Å². The van der Waals surface area contributed by atoms with Crippen LogP contribution in [0.3, 0.4) is 0 Å². The first kappa shape index (κ1) is 13.8. The minimum atomic E-state index is -0.0998. The Labute approximate surface area is 127 Å². The van der Waals surface area contributed by atoms with Crippen molar-refractivity contribution in [3.05, 3.63) is 46.2 Å². The maximum atomic E-state index is 12.1. The molecule has 2 aromatic rings. The molecular weight excluding hydrogens is 284 g/mol. The molecule has 0 saturated heterocycles. The first-order valence-corrected chi connectivity index (χ1v) is 7.78. The van der Waals surface area contributed by atoms with Gasteiger partial charge >= 0.3 is 0 Å². The Morgan fingerprint density at radius 2 is 1.67 bits per heavy atom. The number of aryl methyl sites for hydroxylation is 1. The Morgan fingerprint density at radius 1 is 1.05 bits per heavy atom. The van der Waals surface area contributed by atoms with Crippen LogP contribution in [-0.2, 0) is 4.79 Å². The molecule has 0 aliphatic heterocycles. The van der Waals surface area contributed by atoms with Crippen LogP contribution < -0.4 is 10.6 Å². The molecule has 0 atom stereocenters. The second-order valence-electron chi connectivity index (χ2n) is 5.23. The molecule has 108 valence electrons. The molecule has 1 aromatic carbocycles. The van der Waals surface area contributed by atoms with Crippen molar-refractivity contribution in [3.8, 4) is 0 Å². The number of carbonyl (C=O) groups excluding carboxylic acids is 2. The van der Waals surface area contributed by atoms with E-state index in [9.17, 15) is 9.59 Å². The smallest absolute Gasteiger partial charge is 0.265 e. The average Bonchev–Trinajstić information content (AvgIpc) is 3.23. The molecule has 0 unspecified atom stereocenters. The lowest BCUT2D eigenvalue weighted by Gasteiger charge is -2.07. The molecule has 1 fully saturated rings. The number of carbonyl (C=O) groups is 2. The first-order chi connectivity index (χ1) is 10.1. The van der Waals surface area contributed by atoms with E-state index in [0.29, 0.717) is 0 Å². The fraction of sp³-hybridized carbons (Fsp3) is 0.250. The number of benzene rings is 1. The average molecular weight is 300 g/mol. The van der Waals surface area contributed by atoms with Crippen molar-refractivity contribution < 1.29 is 9.59 Å². The number of hydrogen-bond donors (Lipinski definition) is 2. The Hall–Kier alpha value is -2.14. The molecule has 0 radical (unpaired) electrons. The fourth-order valence-electron chi connectivity index (χ4n) is 2.02. The van der Waals surface area contributed by atoms with Gasteiger partial charge in [0.05, 0.1) is 4.88 Å². The van der Waals surface area contributed by atoms with Crippen LogP contribution in [0.1, 0.15) is 28.1 Å². The summed E-state index contributed by atoms with van der Waals surface area (Å²) in [6.45, 7) is 1.92. The van der Waals surface area contributed by atoms with Crippen molar-refractivity contribution in [1.29, 1.82) is 0 Å². The van der Waals surface area contributed by atoms with E-state index in [1.165, 1.54) is 11.3 Å². The molecule has 2 amide bonds. The first-order valence-electron chi connectivity index (χ1n) is 6.90. The van der Waals surface area contributed by atoms with Gasteiger partial charge in [0.15, 0.2) is 0 Å². The second kappa shape index (κ2) is 5.69. The van der Waals surface area contributed by atoms with E-state index in [1.807, 2.05) is 18.4 Å². The fourth-order valence-corrected chi connectivity index (χ4v) is 2.84. The van der Waals surface area contributed by atoms with Gasteiger partial charge in [0.1, 0.15) is 0 Å². The van der Waals surface area contributed by atoms with Crippen molar-refractivity contribution in [2.45, 2.75) is 19.8 Å². The zero-order valence-corrected chi connectivity index (χ0v) is 12.5. The second-order valence-corrected chi connectivity index (χ2v) is 6.14. The van der Waals surface area contributed by atoms with Crippen molar-refractivity contribution in [3.63, 3.8) is 0 Å². The normalized spacial score (nSPS) is 13.8. The lowest BCUT2D eigenvalue weighted by Crippen LogP contribution is -2.14. The summed E-state index contributed by atoms with van der Waals surface area (Å²) in [5.74, 6) is 0.171. The van der Waals surface area contributed by atoms with Gasteiger partial charge in [-0.1, -0.05) is 0 Å². The van der Waals surface area contributed by atoms with Crippen molar-refractivity contribution in [2.75, 3.05) is 10.6 Å². The SMILES string of the molecule is Cc1ccsc1C(=O)Nc1ccc(NC(=O)C2CC2)cc1. The molecule has 1 aliphatic carbocycles. The van der Waals surface area contributed by atoms with Crippen LogP contribution in [0.15, 0.2) is 35.7 Å². The highest BCUT2D eigenvalue weighted by Gasteiger charge is 2.29. The van der Waals surface area contributed by atoms with Gasteiger partial charge in [0, 0.05) is 17.3 Å².